The first kappa shape index (κ1) is 16.5. The summed E-state index contributed by atoms with van der Waals surface area (Å²) in [6, 6.07) is 3.59. The summed E-state index contributed by atoms with van der Waals surface area (Å²) in [5.74, 6) is -0.782. The second-order valence-electron chi connectivity index (χ2n) is 6.01. The van der Waals surface area contributed by atoms with Crippen molar-refractivity contribution in [3.63, 3.8) is 0 Å². The number of anilines is 1. The highest BCUT2D eigenvalue weighted by Gasteiger charge is 2.24. The second-order valence-corrected chi connectivity index (χ2v) is 6.01. The zero-order valence-corrected chi connectivity index (χ0v) is 13.1. The van der Waals surface area contributed by atoms with E-state index in [1.165, 1.54) is 18.6 Å². The summed E-state index contributed by atoms with van der Waals surface area (Å²) >= 11 is 0. The Labute approximate surface area is 130 Å². The SMILES string of the molecule is Cc1ccc(F)cc1NC(=O)[C@@H](C)NC(=O)C1CCCCC1. The number of benzene rings is 1. The lowest BCUT2D eigenvalue weighted by Gasteiger charge is -2.23. The second kappa shape index (κ2) is 7.38. The van der Waals surface area contributed by atoms with Gasteiger partial charge in [0.1, 0.15) is 11.9 Å². The molecule has 22 heavy (non-hydrogen) atoms. The quantitative estimate of drug-likeness (QED) is 0.897. The van der Waals surface area contributed by atoms with E-state index in [2.05, 4.69) is 10.6 Å². The first-order valence-electron chi connectivity index (χ1n) is 7.85. The fourth-order valence-corrected chi connectivity index (χ4v) is 2.73. The lowest BCUT2D eigenvalue weighted by Crippen LogP contribution is -2.44. The molecular weight excluding hydrogens is 283 g/mol. The molecule has 0 unspecified atom stereocenters. The van der Waals surface area contributed by atoms with Gasteiger partial charge in [-0.3, -0.25) is 9.59 Å². The van der Waals surface area contributed by atoms with Crippen molar-refractivity contribution in [3.05, 3.63) is 29.6 Å². The van der Waals surface area contributed by atoms with E-state index in [1.807, 2.05) is 0 Å². The molecule has 1 saturated carbocycles. The van der Waals surface area contributed by atoms with Crippen molar-refractivity contribution in [1.82, 2.24) is 5.32 Å². The molecule has 120 valence electrons. The summed E-state index contributed by atoms with van der Waals surface area (Å²) in [6.07, 6.45) is 5.10. The summed E-state index contributed by atoms with van der Waals surface area (Å²) in [5, 5.41) is 5.42. The Kier molecular flexibility index (Phi) is 5.52. The molecule has 0 aliphatic heterocycles. The van der Waals surface area contributed by atoms with Crippen LogP contribution in [0.15, 0.2) is 18.2 Å². The van der Waals surface area contributed by atoms with Crippen LogP contribution in [0.3, 0.4) is 0 Å². The highest BCUT2D eigenvalue weighted by atomic mass is 19.1. The molecule has 1 aromatic rings. The standard InChI is InChI=1S/C17H23FN2O2/c1-11-8-9-14(18)10-15(11)20-16(21)12(2)19-17(22)13-6-4-3-5-7-13/h8-10,12-13H,3-7H2,1-2H3,(H,19,22)(H,20,21)/t12-/m1/s1. The first-order valence-corrected chi connectivity index (χ1v) is 7.85. The van der Waals surface area contributed by atoms with E-state index in [9.17, 15) is 14.0 Å². The molecule has 1 aliphatic rings. The minimum absolute atomic E-state index is 0.0138. The minimum atomic E-state index is -0.642. The van der Waals surface area contributed by atoms with Crippen LogP contribution in [0.25, 0.3) is 0 Å². The van der Waals surface area contributed by atoms with Crippen molar-refractivity contribution in [2.45, 2.75) is 52.0 Å². The van der Waals surface area contributed by atoms with Gasteiger partial charge in [0, 0.05) is 11.6 Å². The van der Waals surface area contributed by atoms with Gasteiger partial charge in [0.15, 0.2) is 0 Å². The molecule has 4 nitrogen and oxygen atoms in total. The van der Waals surface area contributed by atoms with Crippen LogP contribution in [0, 0.1) is 18.7 Å². The molecule has 0 radical (unpaired) electrons. The minimum Gasteiger partial charge on any atom is -0.344 e. The summed E-state index contributed by atoms with van der Waals surface area (Å²) in [7, 11) is 0. The zero-order valence-electron chi connectivity index (χ0n) is 13.1. The Balaban J connectivity index is 1.91. The summed E-state index contributed by atoms with van der Waals surface area (Å²) < 4.78 is 13.2. The Bertz CT molecular complexity index is 554. The van der Waals surface area contributed by atoms with E-state index < -0.39 is 11.9 Å². The van der Waals surface area contributed by atoms with Gasteiger partial charge in [0.2, 0.25) is 11.8 Å². The highest BCUT2D eigenvalue weighted by Crippen LogP contribution is 2.23. The first-order chi connectivity index (χ1) is 10.5. The van der Waals surface area contributed by atoms with Crippen LogP contribution in [0.1, 0.15) is 44.6 Å². The van der Waals surface area contributed by atoms with Crippen LogP contribution < -0.4 is 10.6 Å². The molecule has 2 amide bonds. The normalized spacial score (nSPS) is 16.9. The van der Waals surface area contributed by atoms with Crippen LogP contribution >= 0.6 is 0 Å². The number of hydrogen-bond donors (Lipinski definition) is 2. The van der Waals surface area contributed by atoms with Crippen molar-refractivity contribution in [1.29, 1.82) is 0 Å². The summed E-state index contributed by atoms with van der Waals surface area (Å²) in [4.78, 5) is 24.3. The maximum Gasteiger partial charge on any atom is 0.246 e. The molecule has 2 N–H and O–H groups in total. The summed E-state index contributed by atoms with van der Waals surface area (Å²) in [5.41, 5.74) is 1.21. The molecule has 0 aromatic heterocycles. The molecule has 0 saturated heterocycles. The average molecular weight is 306 g/mol. The zero-order chi connectivity index (χ0) is 16.1. The fourth-order valence-electron chi connectivity index (χ4n) is 2.73. The number of carbonyl (C=O) groups is 2. The van der Waals surface area contributed by atoms with Crippen LogP contribution in [-0.4, -0.2) is 17.9 Å². The molecule has 0 spiro atoms. The molecule has 1 aromatic carbocycles. The Morgan fingerprint density at radius 2 is 1.91 bits per heavy atom. The predicted molar refractivity (Wildman–Crippen MR) is 83.9 cm³/mol. The third-order valence-corrected chi connectivity index (χ3v) is 4.19. The van der Waals surface area contributed by atoms with Crippen molar-refractivity contribution in [2.24, 2.45) is 5.92 Å². The topological polar surface area (TPSA) is 58.2 Å². The van der Waals surface area contributed by atoms with Crippen LogP contribution in [0.5, 0.6) is 0 Å². The molecule has 1 aliphatic carbocycles. The summed E-state index contributed by atoms with van der Waals surface area (Å²) in [6.45, 7) is 3.44. The maximum absolute atomic E-state index is 13.2. The van der Waals surface area contributed by atoms with E-state index in [1.54, 1.807) is 19.9 Å². The molecular formula is C17H23FN2O2. The molecule has 0 bridgehead atoms. The van der Waals surface area contributed by atoms with Crippen LogP contribution in [0.2, 0.25) is 0 Å². The van der Waals surface area contributed by atoms with Gasteiger partial charge in [-0.15, -0.1) is 0 Å². The van der Waals surface area contributed by atoms with Gasteiger partial charge in [0.05, 0.1) is 0 Å². The van der Waals surface area contributed by atoms with Gasteiger partial charge >= 0.3 is 0 Å². The van der Waals surface area contributed by atoms with Crippen molar-refractivity contribution in [2.75, 3.05) is 5.32 Å². The lowest BCUT2D eigenvalue weighted by atomic mass is 9.88. The van der Waals surface area contributed by atoms with Crippen molar-refractivity contribution in [3.8, 4) is 0 Å². The molecule has 2 rings (SSSR count). The Morgan fingerprint density at radius 3 is 2.59 bits per heavy atom. The molecule has 0 heterocycles. The number of rotatable bonds is 4. The number of amides is 2. The van der Waals surface area contributed by atoms with Gasteiger partial charge in [0.25, 0.3) is 0 Å². The van der Waals surface area contributed by atoms with Crippen molar-refractivity contribution < 1.29 is 14.0 Å². The fraction of sp³-hybridized carbons (Fsp3) is 0.529. The number of halogens is 1. The number of carbonyl (C=O) groups excluding carboxylic acids is 2. The van der Waals surface area contributed by atoms with Crippen LogP contribution in [-0.2, 0) is 9.59 Å². The number of hydrogen-bond acceptors (Lipinski definition) is 2. The number of aryl methyl sites for hydroxylation is 1. The van der Waals surface area contributed by atoms with E-state index in [4.69, 9.17) is 0 Å². The van der Waals surface area contributed by atoms with Gasteiger partial charge in [-0.25, -0.2) is 4.39 Å². The average Bonchev–Trinajstić information content (AvgIpc) is 2.51. The third-order valence-electron chi connectivity index (χ3n) is 4.19. The maximum atomic E-state index is 13.2. The molecule has 1 fully saturated rings. The van der Waals surface area contributed by atoms with Gasteiger partial charge in [-0.2, -0.15) is 0 Å². The van der Waals surface area contributed by atoms with Crippen LogP contribution in [0.4, 0.5) is 10.1 Å². The lowest BCUT2D eigenvalue weighted by molar-refractivity contribution is -0.129. The Hall–Kier alpha value is -1.91. The van der Waals surface area contributed by atoms with Gasteiger partial charge in [-0.1, -0.05) is 25.3 Å². The number of nitrogens with one attached hydrogen (secondary N) is 2. The van der Waals surface area contributed by atoms with E-state index in [-0.39, 0.29) is 17.7 Å². The predicted octanol–water partition coefficient (Wildman–Crippen LogP) is 3.16. The third kappa shape index (κ3) is 4.29. The van der Waals surface area contributed by atoms with E-state index in [0.29, 0.717) is 5.69 Å². The van der Waals surface area contributed by atoms with E-state index in [0.717, 1.165) is 31.2 Å². The van der Waals surface area contributed by atoms with Gasteiger partial charge in [-0.05, 0) is 44.4 Å². The Morgan fingerprint density at radius 1 is 1.23 bits per heavy atom. The molecule has 1 atom stereocenters. The monoisotopic (exact) mass is 306 g/mol. The smallest absolute Gasteiger partial charge is 0.246 e. The molecule has 5 heteroatoms. The van der Waals surface area contributed by atoms with Gasteiger partial charge < -0.3 is 10.6 Å². The largest absolute Gasteiger partial charge is 0.344 e. The van der Waals surface area contributed by atoms with E-state index >= 15 is 0 Å². The highest BCUT2D eigenvalue weighted by molar-refractivity contribution is 5.97. The van der Waals surface area contributed by atoms with Crippen molar-refractivity contribution >= 4 is 17.5 Å².